The largest absolute Gasteiger partial charge is 0.302 e. The van der Waals surface area contributed by atoms with Crippen LogP contribution in [0.25, 0.3) is 0 Å². The van der Waals surface area contributed by atoms with Gasteiger partial charge in [0.2, 0.25) is 0 Å². The van der Waals surface area contributed by atoms with Gasteiger partial charge in [0, 0.05) is 16.6 Å². The highest BCUT2D eigenvalue weighted by atomic mass is 35.5. The third-order valence-electron chi connectivity index (χ3n) is 3.15. The zero-order valence-corrected chi connectivity index (χ0v) is 10.6. The van der Waals surface area contributed by atoms with Crippen LogP contribution < -0.4 is 5.32 Å². The van der Waals surface area contributed by atoms with Crippen LogP contribution in [0.3, 0.4) is 0 Å². The highest BCUT2D eigenvalue weighted by Crippen LogP contribution is 2.39. The molecule has 1 aliphatic heterocycles. The van der Waals surface area contributed by atoms with Crippen molar-refractivity contribution < 1.29 is 0 Å². The van der Waals surface area contributed by atoms with E-state index in [4.69, 9.17) is 23.2 Å². The Bertz CT molecular complexity index is 552. The van der Waals surface area contributed by atoms with Gasteiger partial charge in [-0.3, -0.25) is 0 Å². The maximum absolute atomic E-state index is 6.29. The van der Waals surface area contributed by atoms with Crippen molar-refractivity contribution in [1.82, 2.24) is 5.32 Å². The molecule has 1 nitrogen and oxygen atoms in total. The van der Waals surface area contributed by atoms with E-state index in [0.29, 0.717) is 0 Å². The van der Waals surface area contributed by atoms with Crippen molar-refractivity contribution in [3.05, 3.63) is 69.2 Å². The summed E-state index contributed by atoms with van der Waals surface area (Å²) in [4.78, 5) is 0. The van der Waals surface area contributed by atoms with E-state index in [-0.39, 0.29) is 6.04 Å². The van der Waals surface area contributed by atoms with Crippen LogP contribution in [0.2, 0.25) is 10.0 Å². The molecule has 0 bridgehead atoms. The molecule has 3 heteroatoms. The molecule has 1 heterocycles. The number of benzene rings is 2. The number of hydrogen-bond acceptors (Lipinski definition) is 1. The molecule has 0 radical (unpaired) electrons. The van der Waals surface area contributed by atoms with Crippen molar-refractivity contribution in [3.8, 4) is 0 Å². The Morgan fingerprint density at radius 2 is 1.65 bits per heavy atom. The minimum atomic E-state index is 0.150. The van der Waals surface area contributed by atoms with E-state index in [1.54, 1.807) is 0 Å². The normalized spacial score (nSPS) is 18.1. The molecule has 0 aliphatic carbocycles. The van der Waals surface area contributed by atoms with Gasteiger partial charge in [-0.15, -0.1) is 0 Å². The van der Waals surface area contributed by atoms with Gasteiger partial charge in [-0.1, -0.05) is 53.5 Å². The van der Waals surface area contributed by atoms with Crippen LogP contribution in [-0.2, 0) is 6.54 Å². The Balaban J connectivity index is 2.13. The second kappa shape index (κ2) is 4.34. The van der Waals surface area contributed by atoms with Crippen molar-refractivity contribution >= 4 is 23.2 Å². The number of rotatable bonds is 1. The minimum absolute atomic E-state index is 0.150. The molecule has 0 amide bonds. The molecular formula is C14H11Cl2N. The lowest BCUT2D eigenvalue weighted by Crippen LogP contribution is -2.13. The summed E-state index contributed by atoms with van der Waals surface area (Å²) in [6.45, 7) is 0.772. The van der Waals surface area contributed by atoms with Crippen molar-refractivity contribution in [2.75, 3.05) is 0 Å². The fourth-order valence-electron chi connectivity index (χ4n) is 2.34. The van der Waals surface area contributed by atoms with Crippen LogP contribution in [0, 0.1) is 0 Å². The number of fused-ring (bicyclic) bond motifs is 1. The summed E-state index contributed by atoms with van der Waals surface area (Å²) in [5, 5.41) is 5.02. The lowest BCUT2D eigenvalue weighted by molar-refractivity contribution is 0.667. The Hall–Kier alpha value is -1.02. The fourth-order valence-corrected chi connectivity index (χ4v) is 2.86. The summed E-state index contributed by atoms with van der Waals surface area (Å²) in [6.07, 6.45) is 0. The Morgan fingerprint density at radius 3 is 2.41 bits per heavy atom. The highest BCUT2D eigenvalue weighted by Gasteiger charge is 2.27. The van der Waals surface area contributed by atoms with E-state index < -0.39 is 0 Å². The van der Waals surface area contributed by atoms with Gasteiger partial charge in [-0.05, 0) is 28.8 Å². The second-order valence-corrected chi connectivity index (χ2v) is 4.96. The minimum Gasteiger partial charge on any atom is -0.302 e. The molecule has 0 spiro atoms. The van der Waals surface area contributed by atoms with Gasteiger partial charge in [-0.2, -0.15) is 0 Å². The van der Waals surface area contributed by atoms with Gasteiger partial charge in [0.05, 0.1) is 6.04 Å². The SMILES string of the molecule is Clc1ccc(Cl)c2c1CNC2c1ccccc1. The molecule has 17 heavy (non-hydrogen) atoms. The van der Waals surface area contributed by atoms with Gasteiger partial charge in [0.1, 0.15) is 0 Å². The van der Waals surface area contributed by atoms with E-state index in [9.17, 15) is 0 Å². The molecule has 3 rings (SSSR count). The molecule has 1 unspecified atom stereocenters. The van der Waals surface area contributed by atoms with Crippen LogP contribution in [0.15, 0.2) is 42.5 Å². The molecule has 2 aromatic carbocycles. The second-order valence-electron chi connectivity index (χ2n) is 4.15. The van der Waals surface area contributed by atoms with Crippen LogP contribution in [-0.4, -0.2) is 0 Å². The van der Waals surface area contributed by atoms with Gasteiger partial charge >= 0.3 is 0 Å². The fraction of sp³-hybridized carbons (Fsp3) is 0.143. The monoisotopic (exact) mass is 263 g/mol. The molecule has 1 N–H and O–H groups in total. The van der Waals surface area contributed by atoms with Gasteiger partial charge in [0.15, 0.2) is 0 Å². The van der Waals surface area contributed by atoms with E-state index in [2.05, 4.69) is 17.4 Å². The average Bonchev–Trinajstić information content (AvgIpc) is 2.81. The molecule has 86 valence electrons. The molecule has 0 saturated carbocycles. The van der Waals surface area contributed by atoms with Crippen molar-refractivity contribution in [1.29, 1.82) is 0 Å². The quantitative estimate of drug-likeness (QED) is 0.814. The maximum atomic E-state index is 6.29. The third-order valence-corrected chi connectivity index (χ3v) is 3.83. The summed E-state index contributed by atoms with van der Waals surface area (Å²) in [7, 11) is 0. The van der Waals surface area contributed by atoms with Gasteiger partial charge in [0.25, 0.3) is 0 Å². The van der Waals surface area contributed by atoms with Crippen LogP contribution in [0.4, 0.5) is 0 Å². The van der Waals surface area contributed by atoms with Crippen molar-refractivity contribution in [2.24, 2.45) is 0 Å². The predicted molar refractivity (Wildman–Crippen MR) is 71.6 cm³/mol. The first-order valence-electron chi connectivity index (χ1n) is 5.52. The van der Waals surface area contributed by atoms with Gasteiger partial charge in [-0.25, -0.2) is 0 Å². The summed E-state index contributed by atoms with van der Waals surface area (Å²) in [5.74, 6) is 0. The summed E-state index contributed by atoms with van der Waals surface area (Å²) in [5.41, 5.74) is 3.45. The van der Waals surface area contributed by atoms with Crippen LogP contribution in [0.5, 0.6) is 0 Å². The lowest BCUT2D eigenvalue weighted by atomic mass is 9.98. The number of halogens is 2. The van der Waals surface area contributed by atoms with Crippen LogP contribution >= 0.6 is 23.2 Å². The molecule has 0 fully saturated rings. The highest BCUT2D eigenvalue weighted by molar-refractivity contribution is 6.34. The molecular weight excluding hydrogens is 253 g/mol. The molecule has 1 aliphatic rings. The lowest BCUT2D eigenvalue weighted by Gasteiger charge is -2.14. The number of hydrogen-bond donors (Lipinski definition) is 1. The summed E-state index contributed by atoms with van der Waals surface area (Å²) in [6, 6.07) is 14.2. The van der Waals surface area contributed by atoms with Crippen molar-refractivity contribution in [2.45, 2.75) is 12.6 Å². The predicted octanol–water partition coefficient (Wildman–Crippen LogP) is 4.19. The van der Waals surface area contributed by atoms with Crippen LogP contribution in [0.1, 0.15) is 22.7 Å². The van der Waals surface area contributed by atoms with Crippen molar-refractivity contribution in [3.63, 3.8) is 0 Å². The van der Waals surface area contributed by atoms with E-state index in [1.807, 2.05) is 30.3 Å². The van der Waals surface area contributed by atoms with E-state index in [1.165, 1.54) is 5.56 Å². The Kier molecular flexibility index (Phi) is 2.83. The molecule has 1 atom stereocenters. The maximum Gasteiger partial charge on any atom is 0.0597 e. The molecule has 0 aromatic heterocycles. The first-order valence-corrected chi connectivity index (χ1v) is 6.28. The van der Waals surface area contributed by atoms with E-state index in [0.717, 1.165) is 27.7 Å². The molecule has 0 saturated heterocycles. The van der Waals surface area contributed by atoms with Gasteiger partial charge < -0.3 is 5.32 Å². The van der Waals surface area contributed by atoms with E-state index >= 15 is 0 Å². The Labute approximate surface area is 110 Å². The standard InChI is InChI=1S/C14H11Cl2N/c15-11-6-7-12(16)13-10(11)8-17-14(13)9-4-2-1-3-5-9/h1-7,14,17H,8H2. The topological polar surface area (TPSA) is 12.0 Å². The number of nitrogens with one attached hydrogen (secondary N) is 1. The first-order chi connectivity index (χ1) is 8.27. The first kappa shape index (κ1) is 11.1. The summed E-state index contributed by atoms with van der Waals surface area (Å²) >= 11 is 12.5. The zero-order chi connectivity index (χ0) is 11.8. The smallest absolute Gasteiger partial charge is 0.0597 e. The Morgan fingerprint density at radius 1 is 0.941 bits per heavy atom. The third kappa shape index (κ3) is 1.85. The summed E-state index contributed by atoms with van der Waals surface area (Å²) < 4.78 is 0. The molecule has 2 aromatic rings. The average molecular weight is 264 g/mol. The zero-order valence-electron chi connectivity index (χ0n) is 9.08.